The van der Waals surface area contributed by atoms with Gasteiger partial charge in [-0.3, -0.25) is 0 Å². The molecule has 0 spiro atoms. The Balaban J connectivity index is 1.98. The zero-order valence-corrected chi connectivity index (χ0v) is 20.2. The minimum atomic E-state index is 0.603. The normalized spacial score (nSPS) is 41.2. The second-order valence-corrected chi connectivity index (χ2v) is 12.0. The fraction of sp³-hybridized carbons (Fsp3) is 1.00. The highest BCUT2D eigenvalue weighted by Gasteiger charge is 2.47. The van der Waals surface area contributed by atoms with E-state index in [2.05, 4.69) is 55.4 Å². The zero-order valence-electron chi connectivity index (χ0n) is 20.2. The molecule has 0 N–H and O–H groups in total. The molecule has 2 aliphatic carbocycles. The van der Waals surface area contributed by atoms with Crippen LogP contribution in [0.25, 0.3) is 0 Å². The number of hydrogen-bond donors (Lipinski definition) is 0. The summed E-state index contributed by atoms with van der Waals surface area (Å²) >= 11 is 0. The molecule has 2 saturated carbocycles. The summed E-state index contributed by atoms with van der Waals surface area (Å²) in [5.41, 5.74) is 1.22. The summed E-state index contributed by atoms with van der Waals surface area (Å²) in [4.78, 5) is 0. The van der Waals surface area contributed by atoms with Crippen molar-refractivity contribution in [1.82, 2.24) is 0 Å². The highest BCUT2D eigenvalue weighted by Crippen LogP contribution is 2.56. The second-order valence-electron chi connectivity index (χ2n) is 12.0. The molecule has 0 aliphatic heterocycles. The third-order valence-electron chi connectivity index (χ3n) is 9.59. The van der Waals surface area contributed by atoms with Crippen molar-refractivity contribution in [2.45, 2.75) is 126 Å². The van der Waals surface area contributed by atoms with Gasteiger partial charge in [-0.05, 0) is 91.3 Å². The Bertz CT molecular complexity index is 437. The van der Waals surface area contributed by atoms with Crippen LogP contribution in [0.4, 0.5) is 0 Å². The van der Waals surface area contributed by atoms with Crippen molar-refractivity contribution in [3.63, 3.8) is 0 Å². The van der Waals surface area contributed by atoms with Gasteiger partial charge in [-0.25, -0.2) is 0 Å². The molecule has 0 radical (unpaired) electrons. The van der Waals surface area contributed by atoms with E-state index in [0.29, 0.717) is 10.8 Å². The van der Waals surface area contributed by atoms with Crippen LogP contribution >= 0.6 is 0 Å². The minimum Gasteiger partial charge on any atom is -0.0651 e. The first-order valence-corrected chi connectivity index (χ1v) is 12.6. The van der Waals surface area contributed by atoms with Crippen molar-refractivity contribution >= 4 is 0 Å². The minimum absolute atomic E-state index is 0.603. The van der Waals surface area contributed by atoms with Gasteiger partial charge in [-0.1, -0.05) is 81.1 Å². The van der Waals surface area contributed by atoms with E-state index < -0.39 is 0 Å². The van der Waals surface area contributed by atoms with Crippen LogP contribution in [0.3, 0.4) is 0 Å². The lowest BCUT2D eigenvalue weighted by Gasteiger charge is -2.44. The molecule has 160 valence electrons. The van der Waals surface area contributed by atoms with E-state index in [4.69, 9.17) is 0 Å². The van der Waals surface area contributed by atoms with Crippen molar-refractivity contribution in [1.29, 1.82) is 0 Å². The molecule has 0 heterocycles. The summed E-state index contributed by atoms with van der Waals surface area (Å²) in [5, 5.41) is 0. The van der Waals surface area contributed by atoms with E-state index in [1.54, 1.807) is 0 Å². The molecule has 0 saturated heterocycles. The molecule has 0 aromatic rings. The topological polar surface area (TPSA) is 0 Å². The summed E-state index contributed by atoms with van der Waals surface area (Å²) in [7, 11) is 0. The molecule has 0 aromatic carbocycles. The highest BCUT2D eigenvalue weighted by molar-refractivity contribution is 4.97. The van der Waals surface area contributed by atoms with Crippen LogP contribution in [0.2, 0.25) is 0 Å². The van der Waals surface area contributed by atoms with Gasteiger partial charge < -0.3 is 0 Å². The van der Waals surface area contributed by atoms with Crippen molar-refractivity contribution < 1.29 is 0 Å². The summed E-state index contributed by atoms with van der Waals surface area (Å²) in [6.07, 6.45) is 16.1. The average molecular weight is 377 g/mol. The summed E-state index contributed by atoms with van der Waals surface area (Å²) in [5.74, 6) is 5.58. The summed E-state index contributed by atoms with van der Waals surface area (Å²) in [6, 6.07) is 0. The van der Waals surface area contributed by atoms with E-state index in [1.165, 1.54) is 70.6 Å². The summed E-state index contributed by atoms with van der Waals surface area (Å²) in [6.45, 7) is 20.1. The van der Waals surface area contributed by atoms with Crippen LogP contribution in [-0.4, -0.2) is 0 Å². The first-order chi connectivity index (χ1) is 12.6. The van der Waals surface area contributed by atoms with E-state index in [1.807, 2.05) is 0 Å². The van der Waals surface area contributed by atoms with E-state index in [0.717, 1.165) is 35.5 Å². The third kappa shape index (κ3) is 5.54. The molecule has 0 amide bonds. The SMILES string of the molecule is CCC(C)C1CCC(CCCC2(C)CC(C)CCC2C)C1(C)CCC(C)C. The van der Waals surface area contributed by atoms with E-state index in [9.17, 15) is 0 Å². The molecular weight excluding hydrogens is 324 g/mol. The molecule has 0 nitrogen and oxygen atoms in total. The predicted molar refractivity (Wildman–Crippen MR) is 122 cm³/mol. The van der Waals surface area contributed by atoms with Crippen LogP contribution in [0.1, 0.15) is 126 Å². The van der Waals surface area contributed by atoms with Gasteiger partial charge in [0, 0.05) is 0 Å². The zero-order chi connectivity index (χ0) is 20.2. The molecule has 2 rings (SSSR count). The Morgan fingerprint density at radius 2 is 1.63 bits per heavy atom. The van der Waals surface area contributed by atoms with Crippen molar-refractivity contribution in [3.05, 3.63) is 0 Å². The van der Waals surface area contributed by atoms with Gasteiger partial charge in [0.1, 0.15) is 0 Å². The average Bonchev–Trinajstić information content (AvgIpc) is 2.93. The quantitative estimate of drug-likeness (QED) is 0.376. The fourth-order valence-electron chi connectivity index (χ4n) is 7.11. The maximum atomic E-state index is 2.69. The smallest absolute Gasteiger partial charge is 0.0267 e. The van der Waals surface area contributed by atoms with Gasteiger partial charge in [-0.2, -0.15) is 0 Å². The maximum Gasteiger partial charge on any atom is -0.0267 e. The van der Waals surface area contributed by atoms with Gasteiger partial charge in [-0.15, -0.1) is 0 Å². The molecule has 2 fully saturated rings. The predicted octanol–water partition coefficient (Wildman–Crippen LogP) is 9.13. The van der Waals surface area contributed by atoms with E-state index >= 15 is 0 Å². The van der Waals surface area contributed by atoms with Crippen LogP contribution in [0.15, 0.2) is 0 Å². The molecule has 0 bridgehead atoms. The largest absolute Gasteiger partial charge is 0.0651 e. The molecule has 7 atom stereocenters. The standard InChI is InChI=1S/C27H52/c1-9-22(5)25-15-14-24(27(25,8)18-16-20(2)3)11-10-17-26(7)19-21(4)12-13-23(26)6/h20-25H,9-19H2,1-8H3. The lowest BCUT2D eigenvalue weighted by atomic mass is 9.61. The Kier molecular flexibility index (Phi) is 8.34. The lowest BCUT2D eigenvalue weighted by molar-refractivity contribution is 0.0643. The van der Waals surface area contributed by atoms with Crippen LogP contribution < -0.4 is 0 Å². The molecule has 7 unspecified atom stereocenters. The molecule has 0 aromatic heterocycles. The number of hydrogen-bond acceptors (Lipinski definition) is 0. The molecule has 27 heavy (non-hydrogen) atoms. The first kappa shape index (κ1) is 23.3. The Morgan fingerprint density at radius 3 is 2.26 bits per heavy atom. The maximum absolute atomic E-state index is 2.69. The van der Waals surface area contributed by atoms with Crippen LogP contribution in [-0.2, 0) is 0 Å². The lowest BCUT2D eigenvalue weighted by Crippen LogP contribution is -2.34. The van der Waals surface area contributed by atoms with Gasteiger partial charge in [0.05, 0.1) is 0 Å². The second kappa shape index (κ2) is 9.67. The van der Waals surface area contributed by atoms with Crippen LogP contribution in [0.5, 0.6) is 0 Å². The molecule has 0 heteroatoms. The number of rotatable bonds is 9. The van der Waals surface area contributed by atoms with Gasteiger partial charge in [0.2, 0.25) is 0 Å². The molecular formula is C27H52. The monoisotopic (exact) mass is 376 g/mol. The van der Waals surface area contributed by atoms with Gasteiger partial charge >= 0.3 is 0 Å². The fourth-order valence-corrected chi connectivity index (χ4v) is 7.11. The Morgan fingerprint density at radius 1 is 0.926 bits per heavy atom. The van der Waals surface area contributed by atoms with Crippen molar-refractivity contribution in [2.24, 2.45) is 46.3 Å². The Hall–Kier alpha value is 0. The van der Waals surface area contributed by atoms with Gasteiger partial charge in [0.25, 0.3) is 0 Å². The van der Waals surface area contributed by atoms with Crippen LogP contribution in [0, 0.1) is 46.3 Å². The molecule has 2 aliphatic rings. The third-order valence-corrected chi connectivity index (χ3v) is 9.59. The van der Waals surface area contributed by atoms with E-state index in [-0.39, 0.29) is 0 Å². The van der Waals surface area contributed by atoms with Gasteiger partial charge in [0.15, 0.2) is 0 Å². The van der Waals surface area contributed by atoms with Crippen molar-refractivity contribution in [2.75, 3.05) is 0 Å². The highest BCUT2D eigenvalue weighted by atomic mass is 14.5. The van der Waals surface area contributed by atoms with Crippen molar-refractivity contribution in [3.8, 4) is 0 Å². The Labute approximate surface area is 172 Å². The summed E-state index contributed by atoms with van der Waals surface area (Å²) < 4.78 is 0. The first-order valence-electron chi connectivity index (χ1n) is 12.6.